The molecule has 0 N–H and O–H groups in total. The third-order valence-corrected chi connectivity index (χ3v) is 6.20. The molecule has 3 heteroatoms. The van der Waals surface area contributed by atoms with Gasteiger partial charge < -0.3 is 9.32 Å². The summed E-state index contributed by atoms with van der Waals surface area (Å²) in [5.74, 6) is 2.17. The van der Waals surface area contributed by atoms with Gasteiger partial charge in [-0.15, -0.1) is 0 Å². The predicted octanol–water partition coefficient (Wildman–Crippen LogP) is 7.25. The van der Waals surface area contributed by atoms with Crippen LogP contribution in [0.2, 0.25) is 0 Å². The molecular weight excluding hydrogens is 392 g/mol. The number of para-hydroxylation sites is 1. The van der Waals surface area contributed by atoms with Gasteiger partial charge in [-0.25, -0.2) is 0 Å². The standard InChI is InChI=1S/C29H32N2O/c1-19(2)16-22-18-24-23-12-8-9-13-26(23)32-28(24)25(17-20(3)4)27(22)31-15-14-30-29(31)21-10-6-5-7-11-21/h5-13,18-20H,14-17H2,1-4H3. The SMILES string of the molecule is CC(C)Cc1cc2c(oc3ccccc32)c(CC(C)C)c1N1CCN=C1c1ccccc1. The molecule has 0 fully saturated rings. The Morgan fingerprint density at radius 1 is 0.875 bits per heavy atom. The lowest BCUT2D eigenvalue weighted by molar-refractivity contribution is 0.618. The molecule has 0 saturated carbocycles. The van der Waals surface area contributed by atoms with Gasteiger partial charge in [0.25, 0.3) is 0 Å². The first-order valence-corrected chi connectivity index (χ1v) is 11.9. The van der Waals surface area contributed by atoms with Crippen LogP contribution >= 0.6 is 0 Å². The number of amidine groups is 1. The van der Waals surface area contributed by atoms with Crippen LogP contribution in [0.15, 0.2) is 70.1 Å². The molecule has 0 unspecified atom stereocenters. The van der Waals surface area contributed by atoms with Crippen LogP contribution in [-0.2, 0) is 12.8 Å². The van der Waals surface area contributed by atoms with E-state index < -0.39 is 0 Å². The predicted molar refractivity (Wildman–Crippen MR) is 136 cm³/mol. The lowest BCUT2D eigenvalue weighted by Gasteiger charge is -2.28. The molecule has 0 atom stereocenters. The Morgan fingerprint density at radius 2 is 1.59 bits per heavy atom. The first kappa shape index (κ1) is 20.8. The fourth-order valence-corrected chi connectivity index (χ4v) is 5.01. The summed E-state index contributed by atoms with van der Waals surface area (Å²) in [5, 5.41) is 2.45. The summed E-state index contributed by atoms with van der Waals surface area (Å²) in [5.41, 5.74) is 7.25. The van der Waals surface area contributed by atoms with Gasteiger partial charge in [0.15, 0.2) is 0 Å². The average Bonchev–Trinajstić information content (AvgIpc) is 3.39. The highest BCUT2D eigenvalue weighted by Gasteiger charge is 2.28. The Hall–Kier alpha value is -3.07. The van der Waals surface area contributed by atoms with Gasteiger partial charge in [-0.05, 0) is 42.4 Å². The Morgan fingerprint density at radius 3 is 2.34 bits per heavy atom. The maximum atomic E-state index is 6.52. The zero-order valence-corrected chi connectivity index (χ0v) is 19.6. The topological polar surface area (TPSA) is 28.7 Å². The van der Waals surface area contributed by atoms with Crippen molar-refractivity contribution in [3.05, 3.63) is 77.4 Å². The minimum absolute atomic E-state index is 0.527. The van der Waals surface area contributed by atoms with E-state index in [2.05, 4.69) is 93.3 Å². The highest BCUT2D eigenvalue weighted by Crippen LogP contribution is 2.41. The van der Waals surface area contributed by atoms with Crippen molar-refractivity contribution in [2.45, 2.75) is 40.5 Å². The summed E-state index contributed by atoms with van der Waals surface area (Å²) < 4.78 is 6.52. The van der Waals surface area contributed by atoms with E-state index in [9.17, 15) is 0 Å². The van der Waals surface area contributed by atoms with Crippen molar-refractivity contribution in [2.75, 3.05) is 18.0 Å². The van der Waals surface area contributed by atoms with E-state index in [-0.39, 0.29) is 0 Å². The molecule has 0 aliphatic carbocycles. The number of benzene rings is 3. The molecule has 0 radical (unpaired) electrons. The third-order valence-electron chi connectivity index (χ3n) is 6.20. The normalized spacial score (nSPS) is 14.3. The van der Waals surface area contributed by atoms with Gasteiger partial charge in [-0.3, -0.25) is 4.99 Å². The maximum absolute atomic E-state index is 6.52. The van der Waals surface area contributed by atoms with Gasteiger partial charge in [-0.1, -0.05) is 76.2 Å². The van der Waals surface area contributed by atoms with E-state index in [0.29, 0.717) is 11.8 Å². The molecule has 32 heavy (non-hydrogen) atoms. The number of aliphatic imine (C=N–C) groups is 1. The summed E-state index contributed by atoms with van der Waals surface area (Å²) in [7, 11) is 0. The number of rotatable bonds is 6. The molecule has 0 saturated heterocycles. The first-order valence-electron chi connectivity index (χ1n) is 11.9. The molecule has 164 valence electrons. The van der Waals surface area contributed by atoms with Gasteiger partial charge >= 0.3 is 0 Å². The van der Waals surface area contributed by atoms with Crippen LogP contribution in [0.25, 0.3) is 21.9 Å². The van der Waals surface area contributed by atoms with Gasteiger partial charge in [-0.2, -0.15) is 0 Å². The second kappa shape index (κ2) is 8.46. The molecule has 1 aliphatic heterocycles. The van der Waals surface area contributed by atoms with Crippen molar-refractivity contribution in [1.29, 1.82) is 0 Å². The van der Waals surface area contributed by atoms with E-state index in [0.717, 1.165) is 42.9 Å². The Bertz CT molecular complexity index is 1280. The lowest BCUT2D eigenvalue weighted by Crippen LogP contribution is -2.30. The zero-order valence-electron chi connectivity index (χ0n) is 19.6. The summed E-state index contributed by atoms with van der Waals surface area (Å²) in [6, 6.07) is 21.4. The van der Waals surface area contributed by atoms with E-state index in [1.54, 1.807) is 0 Å². The minimum atomic E-state index is 0.527. The fraction of sp³-hybridized carbons (Fsp3) is 0.345. The second-order valence-corrected chi connectivity index (χ2v) is 9.76. The number of furan rings is 1. The van der Waals surface area contributed by atoms with Crippen LogP contribution in [0.1, 0.15) is 44.4 Å². The Labute approximate surface area is 190 Å². The van der Waals surface area contributed by atoms with Crippen LogP contribution < -0.4 is 4.90 Å². The van der Waals surface area contributed by atoms with Crippen LogP contribution in [0.3, 0.4) is 0 Å². The van der Waals surface area contributed by atoms with E-state index in [4.69, 9.17) is 9.41 Å². The van der Waals surface area contributed by atoms with Gasteiger partial charge in [0.2, 0.25) is 0 Å². The van der Waals surface area contributed by atoms with Crippen LogP contribution in [0, 0.1) is 11.8 Å². The highest BCUT2D eigenvalue weighted by atomic mass is 16.3. The Balaban J connectivity index is 1.79. The minimum Gasteiger partial charge on any atom is -0.456 e. The summed E-state index contributed by atoms with van der Waals surface area (Å²) in [6.45, 7) is 10.9. The molecule has 3 aromatic carbocycles. The monoisotopic (exact) mass is 424 g/mol. The van der Waals surface area contributed by atoms with Crippen molar-refractivity contribution < 1.29 is 4.42 Å². The molecule has 3 nitrogen and oxygen atoms in total. The molecule has 4 aromatic rings. The largest absolute Gasteiger partial charge is 0.456 e. The van der Waals surface area contributed by atoms with Crippen molar-refractivity contribution in [3.8, 4) is 0 Å². The van der Waals surface area contributed by atoms with E-state index >= 15 is 0 Å². The summed E-state index contributed by atoms with van der Waals surface area (Å²) >= 11 is 0. The van der Waals surface area contributed by atoms with Crippen molar-refractivity contribution in [1.82, 2.24) is 0 Å². The van der Waals surface area contributed by atoms with Crippen LogP contribution in [0.5, 0.6) is 0 Å². The van der Waals surface area contributed by atoms with E-state index in [1.807, 2.05) is 0 Å². The number of hydrogen-bond donors (Lipinski definition) is 0. The smallest absolute Gasteiger partial charge is 0.140 e. The molecule has 5 rings (SSSR count). The molecule has 0 amide bonds. The number of fused-ring (bicyclic) bond motifs is 3. The second-order valence-electron chi connectivity index (χ2n) is 9.76. The van der Waals surface area contributed by atoms with Crippen LogP contribution in [0.4, 0.5) is 5.69 Å². The molecule has 2 heterocycles. The zero-order chi connectivity index (χ0) is 22.2. The molecular formula is C29H32N2O. The average molecular weight is 425 g/mol. The van der Waals surface area contributed by atoms with Crippen LogP contribution in [-0.4, -0.2) is 18.9 Å². The number of hydrogen-bond acceptors (Lipinski definition) is 3. The summed E-state index contributed by atoms with van der Waals surface area (Å²) in [6.07, 6.45) is 2.02. The van der Waals surface area contributed by atoms with Gasteiger partial charge in [0, 0.05) is 28.4 Å². The quantitative estimate of drug-likeness (QED) is 0.326. The third kappa shape index (κ3) is 3.70. The molecule has 0 spiro atoms. The summed E-state index contributed by atoms with van der Waals surface area (Å²) in [4.78, 5) is 7.39. The number of anilines is 1. The maximum Gasteiger partial charge on any atom is 0.140 e. The van der Waals surface area contributed by atoms with Gasteiger partial charge in [0.05, 0.1) is 12.2 Å². The van der Waals surface area contributed by atoms with Crippen molar-refractivity contribution >= 4 is 33.5 Å². The fourth-order valence-electron chi connectivity index (χ4n) is 5.01. The van der Waals surface area contributed by atoms with E-state index in [1.165, 1.54) is 33.2 Å². The molecule has 1 aromatic heterocycles. The van der Waals surface area contributed by atoms with Gasteiger partial charge in [0.1, 0.15) is 17.0 Å². The van der Waals surface area contributed by atoms with Crippen molar-refractivity contribution in [2.24, 2.45) is 16.8 Å². The molecule has 1 aliphatic rings. The van der Waals surface area contributed by atoms with Crippen molar-refractivity contribution in [3.63, 3.8) is 0 Å². The Kier molecular flexibility index (Phi) is 5.50. The molecule has 0 bridgehead atoms. The lowest BCUT2D eigenvalue weighted by atomic mass is 9.91. The number of nitrogens with zero attached hydrogens (tertiary/aromatic N) is 2. The highest BCUT2D eigenvalue weighted by molar-refractivity contribution is 6.14. The first-order chi connectivity index (χ1) is 15.5.